The fraction of sp³-hybridized carbons (Fsp3) is 0.286. The third-order valence-corrected chi connectivity index (χ3v) is 6.34. The van der Waals surface area contributed by atoms with Crippen LogP contribution in [0, 0.1) is 10.1 Å². The maximum atomic E-state index is 13.9. The number of benzene rings is 3. The maximum absolute atomic E-state index is 13.9. The average molecular weight is 534 g/mol. The molecule has 3 aromatic carbocycles. The quantitative estimate of drug-likeness (QED) is 0.248. The molecule has 1 aliphatic rings. The van der Waals surface area contributed by atoms with Crippen molar-refractivity contribution in [2.45, 2.75) is 32.4 Å². The van der Waals surface area contributed by atoms with Gasteiger partial charge in [0.2, 0.25) is 0 Å². The molecule has 202 valence electrons. The first-order chi connectivity index (χ1) is 18.4. The van der Waals surface area contributed by atoms with Crippen molar-refractivity contribution in [2.24, 2.45) is 0 Å². The Bertz CT molecular complexity index is 1460. The molecule has 0 aromatic heterocycles. The minimum Gasteiger partial charge on any atom is -0.480 e. The van der Waals surface area contributed by atoms with Crippen molar-refractivity contribution in [3.05, 3.63) is 87.5 Å². The largest absolute Gasteiger partial charge is 0.480 e. The van der Waals surface area contributed by atoms with Crippen LogP contribution < -0.4 is 0 Å². The van der Waals surface area contributed by atoms with Crippen LogP contribution in [0.25, 0.3) is 10.8 Å². The molecule has 1 heterocycles. The average Bonchev–Trinajstić information content (AvgIpc) is 3.13. The highest BCUT2D eigenvalue weighted by atomic mass is 16.6. The van der Waals surface area contributed by atoms with E-state index >= 15 is 0 Å². The van der Waals surface area contributed by atoms with E-state index in [1.54, 1.807) is 45.0 Å². The number of hydrogen-bond donors (Lipinski definition) is 1. The highest BCUT2D eigenvalue weighted by molar-refractivity contribution is 6.21. The number of aliphatic carboxylic acids is 1. The van der Waals surface area contributed by atoms with Crippen molar-refractivity contribution in [1.82, 2.24) is 9.80 Å². The molecule has 0 aliphatic carbocycles. The smallest absolute Gasteiger partial charge is 0.328 e. The molecule has 11 heteroatoms. The van der Waals surface area contributed by atoms with Gasteiger partial charge in [0, 0.05) is 30.8 Å². The van der Waals surface area contributed by atoms with Gasteiger partial charge in [-0.25, -0.2) is 4.79 Å². The van der Waals surface area contributed by atoms with Crippen molar-refractivity contribution >= 4 is 40.2 Å². The first-order valence-corrected chi connectivity index (χ1v) is 12.2. The van der Waals surface area contributed by atoms with E-state index in [1.807, 2.05) is 0 Å². The van der Waals surface area contributed by atoms with Gasteiger partial charge in [0.1, 0.15) is 0 Å². The number of imide groups is 1. The predicted molar refractivity (Wildman–Crippen MR) is 141 cm³/mol. The molecule has 0 saturated carbocycles. The number of nitro groups is 1. The summed E-state index contributed by atoms with van der Waals surface area (Å²) >= 11 is 0. The molecule has 39 heavy (non-hydrogen) atoms. The highest BCUT2D eigenvalue weighted by Gasteiger charge is 2.38. The van der Waals surface area contributed by atoms with Crippen molar-refractivity contribution in [2.75, 3.05) is 19.7 Å². The Labute approximate surface area is 223 Å². The number of hydrogen-bond acceptors (Lipinski definition) is 7. The lowest BCUT2D eigenvalue weighted by atomic mass is 10.0. The van der Waals surface area contributed by atoms with Gasteiger partial charge in [0.15, 0.2) is 6.04 Å². The number of ether oxygens (including phenoxy) is 1. The van der Waals surface area contributed by atoms with Gasteiger partial charge in [-0.15, -0.1) is 0 Å². The summed E-state index contributed by atoms with van der Waals surface area (Å²) in [5.41, 5.74) is -0.268. The summed E-state index contributed by atoms with van der Waals surface area (Å²) in [5, 5.41) is 22.1. The van der Waals surface area contributed by atoms with Crippen LogP contribution in [0.4, 0.5) is 5.69 Å². The molecule has 4 rings (SSSR count). The Morgan fingerprint density at radius 2 is 1.67 bits per heavy atom. The van der Waals surface area contributed by atoms with Crippen LogP contribution in [-0.4, -0.2) is 74.9 Å². The second-order valence-electron chi connectivity index (χ2n) is 10.1. The molecule has 0 fully saturated rings. The van der Waals surface area contributed by atoms with E-state index in [-0.39, 0.29) is 42.1 Å². The minimum atomic E-state index is -1.44. The van der Waals surface area contributed by atoms with Crippen molar-refractivity contribution in [3.8, 4) is 0 Å². The van der Waals surface area contributed by atoms with Crippen molar-refractivity contribution in [1.29, 1.82) is 0 Å². The van der Waals surface area contributed by atoms with Gasteiger partial charge in [0.05, 0.1) is 28.3 Å². The molecule has 0 saturated heterocycles. The second kappa shape index (κ2) is 10.6. The van der Waals surface area contributed by atoms with E-state index in [4.69, 9.17) is 4.74 Å². The van der Waals surface area contributed by atoms with Crippen LogP contribution in [0.3, 0.4) is 0 Å². The lowest BCUT2D eigenvalue weighted by Crippen LogP contribution is -2.51. The van der Waals surface area contributed by atoms with Gasteiger partial charge < -0.3 is 14.7 Å². The minimum absolute atomic E-state index is 0.117. The predicted octanol–water partition coefficient (Wildman–Crippen LogP) is 3.75. The summed E-state index contributed by atoms with van der Waals surface area (Å²) < 4.78 is 5.72. The SMILES string of the molecule is CC(C)(C)OC[C@@H](C(=O)O)N(CCN1C(=O)c2ccccc2C1=O)C(=O)c1cccc2cc([N+](=O)[O-])ccc12. The van der Waals surface area contributed by atoms with Gasteiger partial charge in [0.25, 0.3) is 23.4 Å². The third kappa shape index (κ3) is 5.63. The normalized spacial score (nSPS) is 13.9. The van der Waals surface area contributed by atoms with Crippen molar-refractivity contribution in [3.63, 3.8) is 0 Å². The molecule has 3 aromatic rings. The Hall–Kier alpha value is -4.64. The molecule has 0 spiro atoms. The van der Waals surface area contributed by atoms with E-state index in [0.717, 1.165) is 9.80 Å². The van der Waals surface area contributed by atoms with Gasteiger partial charge >= 0.3 is 5.97 Å². The summed E-state index contributed by atoms with van der Waals surface area (Å²) in [4.78, 5) is 64.8. The summed E-state index contributed by atoms with van der Waals surface area (Å²) in [6.07, 6.45) is 0. The molecule has 0 bridgehead atoms. The molecular weight excluding hydrogens is 506 g/mol. The number of non-ortho nitro benzene ring substituents is 1. The lowest BCUT2D eigenvalue weighted by Gasteiger charge is -2.32. The zero-order chi connectivity index (χ0) is 28.5. The molecule has 3 amide bonds. The lowest BCUT2D eigenvalue weighted by molar-refractivity contribution is -0.384. The first kappa shape index (κ1) is 27.4. The number of carbonyl (C=O) groups is 4. The molecule has 1 N–H and O–H groups in total. The van der Waals surface area contributed by atoms with E-state index in [1.165, 1.54) is 36.4 Å². The standard InChI is InChI=1S/C28H27N3O8/c1-28(2,3)39-16-23(27(35)36)29(13-14-30-25(33)21-8-4-5-9-22(21)26(30)34)24(32)20-10-6-7-17-15-18(31(37)38)11-12-19(17)20/h4-12,15,23H,13-14,16H2,1-3H3,(H,35,36)/t23-/m0/s1. The number of fused-ring (bicyclic) bond motifs is 2. The zero-order valence-electron chi connectivity index (χ0n) is 21.6. The second-order valence-corrected chi connectivity index (χ2v) is 10.1. The Morgan fingerprint density at radius 3 is 2.23 bits per heavy atom. The fourth-order valence-electron chi connectivity index (χ4n) is 4.40. The van der Waals surface area contributed by atoms with Crippen molar-refractivity contribution < 1.29 is 33.9 Å². The van der Waals surface area contributed by atoms with E-state index < -0.39 is 40.3 Å². The summed E-state index contributed by atoms with van der Waals surface area (Å²) in [5.74, 6) is -3.07. The highest BCUT2D eigenvalue weighted by Crippen LogP contribution is 2.27. The fourth-order valence-corrected chi connectivity index (χ4v) is 4.40. The topological polar surface area (TPSA) is 147 Å². The van der Waals surface area contributed by atoms with Crippen LogP contribution in [0.1, 0.15) is 51.8 Å². The molecule has 1 aliphatic heterocycles. The van der Waals surface area contributed by atoms with E-state index in [9.17, 15) is 34.4 Å². The molecule has 0 unspecified atom stereocenters. The Kier molecular flexibility index (Phi) is 7.46. The van der Waals surface area contributed by atoms with Gasteiger partial charge in [-0.3, -0.25) is 29.4 Å². The number of rotatable bonds is 9. The number of carboxylic acids is 1. The Balaban J connectivity index is 1.70. The molecule has 11 nitrogen and oxygen atoms in total. The molecule has 1 atom stereocenters. The van der Waals surface area contributed by atoms with E-state index in [0.29, 0.717) is 10.8 Å². The van der Waals surface area contributed by atoms with Crippen LogP contribution in [0.5, 0.6) is 0 Å². The van der Waals surface area contributed by atoms with E-state index in [2.05, 4.69) is 0 Å². The number of amides is 3. The molecular formula is C28H27N3O8. The van der Waals surface area contributed by atoms with Crippen LogP contribution in [0.2, 0.25) is 0 Å². The van der Waals surface area contributed by atoms with Crippen LogP contribution >= 0.6 is 0 Å². The number of carbonyl (C=O) groups excluding carboxylic acids is 3. The third-order valence-electron chi connectivity index (χ3n) is 6.34. The monoisotopic (exact) mass is 533 g/mol. The number of nitro benzene ring substituents is 1. The van der Waals surface area contributed by atoms with Gasteiger partial charge in [-0.1, -0.05) is 24.3 Å². The molecule has 0 radical (unpaired) electrons. The first-order valence-electron chi connectivity index (χ1n) is 12.2. The summed E-state index contributed by atoms with van der Waals surface area (Å²) in [7, 11) is 0. The number of carboxylic acid groups (broad SMARTS) is 1. The van der Waals surface area contributed by atoms with Crippen LogP contribution in [-0.2, 0) is 9.53 Å². The van der Waals surface area contributed by atoms with Crippen LogP contribution in [0.15, 0.2) is 60.7 Å². The maximum Gasteiger partial charge on any atom is 0.328 e. The summed E-state index contributed by atoms with van der Waals surface area (Å²) in [6.45, 7) is 4.37. The number of nitrogens with zero attached hydrogens (tertiary/aromatic N) is 3. The van der Waals surface area contributed by atoms with Gasteiger partial charge in [-0.05, 0) is 55.8 Å². The zero-order valence-corrected chi connectivity index (χ0v) is 21.6. The van der Waals surface area contributed by atoms with Gasteiger partial charge in [-0.2, -0.15) is 0 Å². The Morgan fingerprint density at radius 1 is 1.03 bits per heavy atom. The summed E-state index contributed by atoms with van der Waals surface area (Å²) in [6, 6.07) is 13.6.